The minimum atomic E-state index is -0.573. The number of esters is 1. The van der Waals surface area contributed by atoms with Crippen molar-refractivity contribution < 1.29 is 23.5 Å². The second kappa shape index (κ2) is 9.60. The summed E-state index contributed by atoms with van der Waals surface area (Å²) in [5.41, 5.74) is 0.616. The van der Waals surface area contributed by atoms with Gasteiger partial charge in [-0.05, 0) is 24.6 Å². The molecule has 7 nitrogen and oxygen atoms in total. The van der Waals surface area contributed by atoms with Crippen LogP contribution in [0.4, 0.5) is 0 Å². The quantitative estimate of drug-likeness (QED) is 0.504. The van der Waals surface area contributed by atoms with E-state index in [0.717, 1.165) is 19.3 Å². The molecule has 0 aliphatic carbocycles. The van der Waals surface area contributed by atoms with E-state index in [1.165, 1.54) is 13.4 Å². The van der Waals surface area contributed by atoms with Gasteiger partial charge in [0.2, 0.25) is 5.89 Å². The van der Waals surface area contributed by atoms with Crippen LogP contribution in [0.5, 0.6) is 5.75 Å². The van der Waals surface area contributed by atoms with Crippen LogP contribution in [0.1, 0.15) is 52.9 Å². The van der Waals surface area contributed by atoms with Crippen LogP contribution in [0.15, 0.2) is 34.9 Å². The molecule has 0 radical (unpaired) electrons. The van der Waals surface area contributed by atoms with Gasteiger partial charge in [0.05, 0.1) is 20.8 Å². The van der Waals surface area contributed by atoms with E-state index in [0.29, 0.717) is 17.9 Å². The van der Waals surface area contributed by atoms with E-state index < -0.39 is 5.97 Å². The molecule has 1 aromatic carbocycles. The van der Waals surface area contributed by atoms with Crippen molar-refractivity contribution in [1.82, 2.24) is 9.88 Å². The van der Waals surface area contributed by atoms with Crippen molar-refractivity contribution in [3.63, 3.8) is 0 Å². The van der Waals surface area contributed by atoms with Crippen LogP contribution in [0.2, 0.25) is 0 Å². The lowest BCUT2D eigenvalue weighted by Crippen LogP contribution is -2.31. The highest BCUT2D eigenvalue weighted by molar-refractivity contribution is 5.94. The Morgan fingerprint density at radius 3 is 2.73 bits per heavy atom. The topological polar surface area (TPSA) is 81.9 Å². The number of benzene rings is 1. The maximum atomic E-state index is 12.9. The van der Waals surface area contributed by atoms with Gasteiger partial charge in [0.15, 0.2) is 5.69 Å². The third-order valence-corrected chi connectivity index (χ3v) is 3.91. The van der Waals surface area contributed by atoms with E-state index in [1.807, 2.05) is 0 Å². The van der Waals surface area contributed by atoms with Gasteiger partial charge >= 0.3 is 5.97 Å². The monoisotopic (exact) mass is 360 g/mol. The first-order valence-electron chi connectivity index (χ1n) is 8.55. The summed E-state index contributed by atoms with van der Waals surface area (Å²) >= 11 is 0. The SMILES string of the molecule is CCCCCN(Cc1nc(C(=O)OC)co1)C(=O)c1cccc(OC)c1. The number of carbonyl (C=O) groups excluding carboxylic acids is 2. The molecule has 0 unspecified atom stereocenters. The second-order valence-electron chi connectivity index (χ2n) is 5.78. The number of oxazole rings is 1. The maximum absolute atomic E-state index is 12.9. The van der Waals surface area contributed by atoms with Crippen LogP contribution in [0.3, 0.4) is 0 Å². The Morgan fingerprint density at radius 2 is 2.04 bits per heavy atom. The molecule has 1 heterocycles. The van der Waals surface area contributed by atoms with Crippen LogP contribution in [0.25, 0.3) is 0 Å². The van der Waals surface area contributed by atoms with Gasteiger partial charge in [0, 0.05) is 12.1 Å². The van der Waals surface area contributed by atoms with E-state index in [9.17, 15) is 9.59 Å². The van der Waals surface area contributed by atoms with E-state index in [1.54, 1.807) is 36.3 Å². The number of hydrogen-bond donors (Lipinski definition) is 0. The summed E-state index contributed by atoms with van der Waals surface area (Å²) < 4.78 is 15.1. The number of carbonyl (C=O) groups is 2. The Bertz CT molecular complexity index is 741. The number of methoxy groups -OCH3 is 2. The molecular formula is C19H24N2O5. The van der Waals surface area contributed by atoms with E-state index >= 15 is 0 Å². The third kappa shape index (κ3) is 5.08. The number of nitrogens with zero attached hydrogens (tertiary/aromatic N) is 2. The van der Waals surface area contributed by atoms with Gasteiger partial charge in [-0.3, -0.25) is 4.79 Å². The predicted octanol–water partition coefficient (Wildman–Crippen LogP) is 3.30. The number of amides is 1. The second-order valence-corrected chi connectivity index (χ2v) is 5.78. The number of aromatic nitrogens is 1. The average Bonchev–Trinajstić information content (AvgIpc) is 3.14. The fourth-order valence-electron chi connectivity index (χ4n) is 2.49. The molecule has 0 spiro atoms. The molecule has 0 atom stereocenters. The Hall–Kier alpha value is -2.83. The fourth-order valence-corrected chi connectivity index (χ4v) is 2.49. The van der Waals surface area contributed by atoms with Crippen molar-refractivity contribution in [3.05, 3.63) is 47.7 Å². The minimum Gasteiger partial charge on any atom is -0.497 e. The maximum Gasteiger partial charge on any atom is 0.360 e. The molecule has 140 valence electrons. The van der Waals surface area contributed by atoms with Crippen LogP contribution in [0, 0.1) is 0 Å². The predicted molar refractivity (Wildman–Crippen MR) is 95.1 cm³/mol. The highest BCUT2D eigenvalue weighted by atomic mass is 16.5. The zero-order chi connectivity index (χ0) is 18.9. The molecule has 0 bridgehead atoms. The molecule has 0 N–H and O–H groups in total. The highest BCUT2D eigenvalue weighted by Gasteiger charge is 2.20. The lowest BCUT2D eigenvalue weighted by molar-refractivity contribution is 0.0594. The van der Waals surface area contributed by atoms with Gasteiger partial charge in [-0.25, -0.2) is 9.78 Å². The third-order valence-electron chi connectivity index (χ3n) is 3.91. The average molecular weight is 360 g/mol. The van der Waals surface area contributed by atoms with Gasteiger partial charge in [-0.2, -0.15) is 0 Å². The number of unbranched alkanes of at least 4 members (excludes halogenated alkanes) is 2. The Morgan fingerprint density at radius 1 is 1.23 bits per heavy atom. The fraction of sp³-hybridized carbons (Fsp3) is 0.421. The first-order chi connectivity index (χ1) is 12.6. The molecule has 0 aliphatic rings. The molecular weight excluding hydrogens is 336 g/mol. The summed E-state index contributed by atoms with van der Waals surface area (Å²) in [5.74, 6) is 0.195. The number of rotatable bonds is 9. The van der Waals surface area contributed by atoms with Crippen LogP contribution in [-0.2, 0) is 11.3 Å². The van der Waals surface area contributed by atoms with Crippen molar-refractivity contribution in [1.29, 1.82) is 0 Å². The van der Waals surface area contributed by atoms with Gasteiger partial charge < -0.3 is 18.8 Å². The summed E-state index contributed by atoms with van der Waals surface area (Å²) in [5, 5.41) is 0. The Kier molecular flexibility index (Phi) is 7.20. The first kappa shape index (κ1) is 19.5. The molecule has 7 heteroatoms. The zero-order valence-corrected chi connectivity index (χ0v) is 15.4. The largest absolute Gasteiger partial charge is 0.497 e. The summed E-state index contributed by atoms with van der Waals surface area (Å²) in [4.78, 5) is 30.2. The van der Waals surface area contributed by atoms with Crippen molar-refractivity contribution in [2.45, 2.75) is 32.7 Å². The molecule has 0 fully saturated rings. The standard InChI is InChI=1S/C19H24N2O5/c1-4-5-6-10-21(12-17-20-16(13-26-17)19(23)25-3)18(22)14-8-7-9-15(11-14)24-2/h7-9,11,13H,4-6,10,12H2,1-3H3. The Balaban J connectivity index is 2.17. The van der Waals surface area contributed by atoms with Crippen molar-refractivity contribution in [2.75, 3.05) is 20.8 Å². The highest BCUT2D eigenvalue weighted by Crippen LogP contribution is 2.17. The molecule has 2 aromatic rings. The lowest BCUT2D eigenvalue weighted by Gasteiger charge is -2.21. The molecule has 0 aliphatic heterocycles. The van der Waals surface area contributed by atoms with Gasteiger partial charge in [-0.1, -0.05) is 25.8 Å². The Labute approximate surface area is 152 Å². The lowest BCUT2D eigenvalue weighted by atomic mass is 10.1. The van der Waals surface area contributed by atoms with Crippen LogP contribution < -0.4 is 4.74 Å². The normalized spacial score (nSPS) is 10.4. The van der Waals surface area contributed by atoms with Crippen molar-refractivity contribution in [3.8, 4) is 5.75 Å². The molecule has 2 rings (SSSR count). The molecule has 0 saturated carbocycles. The summed E-state index contributed by atoms with van der Waals surface area (Å²) in [6.45, 7) is 2.85. The zero-order valence-electron chi connectivity index (χ0n) is 15.4. The molecule has 26 heavy (non-hydrogen) atoms. The summed E-state index contributed by atoms with van der Waals surface area (Å²) in [6.07, 6.45) is 4.17. The first-order valence-corrected chi connectivity index (χ1v) is 8.55. The smallest absolute Gasteiger partial charge is 0.360 e. The van der Waals surface area contributed by atoms with Crippen molar-refractivity contribution >= 4 is 11.9 Å². The summed E-state index contributed by atoms with van der Waals surface area (Å²) in [7, 11) is 2.84. The van der Waals surface area contributed by atoms with Gasteiger partial charge in [0.25, 0.3) is 5.91 Å². The van der Waals surface area contributed by atoms with Crippen LogP contribution in [-0.4, -0.2) is 42.5 Å². The van der Waals surface area contributed by atoms with Gasteiger partial charge in [-0.15, -0.1) is 0 Å². The van der Waals surface area contributed by atoms with Crippen molar-refractivity contribution in [2.24, 2.45) is 0 Å². The van der Waals surface area contributed by atoms with Gasteiger partial charge in [0.1, 0.15) is 12.0 Å². The van der Waals surface area contributed by atoms with E-state index in [4.69, 9.17) is 9.15 Å². The van der Waals surface area contributed by atoms with E-state index in [-0.39, 0.29) is 24.0 Å². The van der Waals surface area contributed by atoms with Crippen LogP contribution >= 0.6 is 0 Å². The van der Waals surface area contributed by atoms with E-state index in [2.05, 4.69) is 16.6 Å². The number of hydrogen-bond acceptors (Lipinski definition) is 6. The molecule has 0 saturated heterocycles. The molecule has 1 amide bonds. The minimum absolute atomic E-state index is 0.0878. The molecule has 1 aromatic heterocycles. The number of ether oxygens (including phenoxy) is 2. The summed E-state index contributed by atoms with van der Waals surface area (Å²) in [6, 6.07) is 7.00.